The van der Waals surface area contributed by atoms with Crippen molar-refractivity contribution in [3.8, 4) is 0 Å². The molecule has 4 heterocycles. The van der Waals surface area contributed by atoms with E-state index >= 15 is 0 Å². The molecular formula is C19H24N4O3. The number of hydrogen-bond donors (Lipinski definition) is 0. The summed E-state index contributed by atoms with van der Waals surface area (Å²) in [6.45, 7) is 3.12. The number of methoxy groups -OCH3 is 1. The van der Waals surface area contributed by atoms with Crippen LogP contribution < -0.4 is 4.90 Å². The van der Waals surface area contributed by atoms with Crippen molar-refractivity contribution in [2.24, 2.45) is 5.41 Å². The number of amides is 1. The third kappa shape index (κ3) is 3.19. The summed E-state index contributed by atoms with van der Waals surface area (Å²) >= 11 is 0. The highest BCUT2D eigenvalue weighted by atomic mass is 16.5. The van der Waals surface area contributed by atoms with Gasteiger partial charge in [-0.15, -0.1) is 0 Å². The van der Waals surface area contributed by atoms with E-state index in [-0.39, 0.29) is 17.4 Å². The van der Waals surface area contributed by atoms with Crippen LogP contribution >= 0.6 is 0 Å². The van der Waals surface area contributed by atoms with E-state index in [1.165, 1.54) is 6.26 Å². The maximum atomic E-state index is 12.5. The lowest BCUT2D eigenvalue weighted by atomic mass is 9.76. The number of likely N-dealkylation sites (tertiary alicyclic amines) is 1. The number of carbonyl (C=O) groups is 1. The fourth-order valence-corrected chi connectivity index (χ4v) is 4.29. The largest absolute Gasteiger partial charge is 0.472 e. The standard InChI is InChI=1S/C19H24N4O3/c1-25-13-16-11-19(14-23(16)18-20-6-2-7-21-18)4-8-22(9-5-19)17(24)15-3-10-26-12-15/h2-3,6-7,10,12,16H,4-5,8-9,11,13-14H2,1H3/t16-/m0/s1. The Morgan fingerprint density at radius 1 is 1.35 bits per heavy atom. The maximum Gasteiger partial charge on any atom is 0.257 e. The molecule has 1 amide bonds. The Kier molecular flexibility index (Phi) is 4.63. The van der Waals surface area contributed by atoms with Crippen molar-refractivity contribution in [2.45, 2.75) is 25.3 Å². The van der Waals surface area contributed by atoms with Gasteiger partial charge in [0.05, 0.1) is 24.5 Å². The molecule has 2 aromatic rings. The fraction of sp³-hybridized carbons (Fsp3) is 0.526. The van der Waals surface area contributed by atoms with Crippen molar-refractivity contribution in [1.29, 1.82) is 0 Å². The van der Waals surface area contributed by atoms with Crippen LogP contribution in [0.3, 0.4) is 0 Å². The van der Waals surface area contributed by atoms with Crippen LogP contribution in [0.15, 0.2) is 41.5 Å². The number of rotatable bonds is 4. The van der Waals surface area contributed by atoms with E-state index in [9.17, 15) is 4.79 Å². The van der Waals surface area contributed by atoms with Crippen LogP contribution in [0.1, 0.15) is 29.6 Å². The van der Waals surface area contributed by atoms with Crippen LogP contribution in [-0.2, 0) is 4.74 Å². The average Bonchev–Trinajstić information content (AvgIpc) is 3.32. The first-order valence-corrected chi connectivity index (χ1v) is 9.05. The summed E-state index contributed by atoms with van der Waals surface area (Å²) < 4.78 is 10.5. The maximum absolute atomic E-state index is 12.5. The molecule has 0 radical (unpaired) electrons. The molecule has 2 aromatic heterocycles. The number of nitrogens with zero attached hydrogens (tertiary/aromatic N) is 4. The van der Waals surface area contributed by atoms with Gasteiger partial charge in [-0.1, -0.05) is 0 Å². The Bertz CT molecular complexity index is 727. The topological polar surface area (TPSA) is 71.7 Å². The summed E-state index contributed by atoms with van der Waals surface area (Å²) in [5.74, 6) is 0.826. The van der Waals surface area contributed by atoms with Gasteiger partial charge in [-0.05, 0) is 36.8 Å². The number of hydrogen-bond acceptors (Lipinski definition) is 6. The predicted octanol–water partition coefficient (Wildman–Crippen LogP) is 2.22. The Hall–Kier alpha value is -2.41. The van der Waals surface area contributed by atoms with Gasteiger partial charge < -0.3 is 19.0 Å². The van der Waals surface area contributed by atoms with Gasteiger partial charge in [-0.2, -0.15) is 0 Å². The molecule has 1 atom stereocenters. The minimum Gasteiger partial charge on any atom is -0.472 e. The smallest absolute Gasteiger partial charge is 0.257 e. The molecular weight excluding hydrogens is 332 g/mol. The zero-order chi connectivity index (χ0) is 18.0. The summed E-state index contributed by atoms with van der Waals surface area (Å²) in [6.07, 6.45) is 9.65. The van der Waals surface area contributed by atoms with Crippen LogP contribution in [0.4, 0.5) is 5.95 Å². The molecule has 2 aliphatic heterocycles. The summed E-state index contributed by atoms with van der Waals surface area (Å²) in [5.41, 5.74) is 0.819. The second-order valence-corrected chi connectivity index (χ2v) is 7.29. The molecule has 138 valence electrons. The van der Waals surface area contributed by atoms with Crippen molar-refractivity contribution in [3.05, 3.63) is 42.6 Å². The lowest BCUT2D eigenvalue weighted by Crippen LogP contribution is -2.44. The van der Waals surface area contributed by atoms with Crippen molar-refractivity contribution in [1.82, 2.24) is 14.9 Å². The third-order valence-electron chi connectivity index (χ3n) is 5.66. The number of furan rings is 1. The molecule has 0 saturated carbocycles. The van der Waals surface area contributed by atoms with Gasteiger partial charge in [0.2, 0.25) is 5.95 Å². The Morgan fingerprint density at radius 3 is 2.77 bits per heavy atom. The Balaban J connectivity index is 1.46. The number of carbonyl (C=O) groups excluding carboxylic acids is 1. The van der Waals surface area contributed by atoms with Crippen molar-refractivity contribution >= 4 is 11.9 Å². The molecule has 2 aliphatic rings. The van der Waals surface area contributed by atoms with Gasteiger partial charge in [0.1, 0.15) is 6.26 Å². The molecule has 0 aliphatic carbocycles. The molecule has 7 heteroatoms. The van der Waals surface area contributed by atoms with E-state index in [0.717, 1.165) is 44.8 Å². The lowest BCUT2D eigenvalue weighted by Gasteiger charge is -2.39. The first-order chi connectivity index (χ1) is 12.7. The summed E-state index contributed by atoms with van der Waals surface area (Å²) in [5, 5.41) is 0. The molecule has 26 heavy (non-hydrogen) atoms. The van der Waals surface area contributed by atoms with Crippen molar-refractivity contribution < 1.29 is 13.9 Å². The van der Waals surface area contributed by atoms with E-state index in [1.54, 1.807) is 31.8 Å². The zero-order valence-electron chi connectivity index (χ0n) is 15.0. The number of piperidine rings is 1. The number of aromatic nitrogens is 2. The third-order valence-corrected chi connectivity index (χ3v) is 5.66. The molecule has 4 rings (SSSR count). The molecule has 2 saturated heterocycles. The first-order valence-electron chi connectivity index (χ1n) is 9.05. The summed E-state index contributed by atoms with van der Waals surface area (Å²) in [7, 11) is 1.74. The summed E-state index contributed by atoms with van der Waals surface area (Å²) in [6, 6.07) is 3.84. The number of anilines is 1. The highest BCUT2D eigenvalue weighted by molar-refractivity contribution is 5.93. The molecule has 0 N–H and O–H groups in total. The summed E-state index contributed by atoms with van der Waals surface area (Å²) in [4.78, 5) is 25.6. The van der Waals surface area contributed by atoms with Gasteiger partial charge in [0.25, 0.3) is 5.91 Å². The SMILES string of the molecule is COC[C@@H]1CC2(CCN(C(=O)c3ccoc3)CC2)CN1c1ncccn1. The second-order valence-electron chi connectivity index (χ2n) is 7.29. The molecule has 0 unspecified atom stereocenters. The first kappa shape index (κ1) is 17.0. The number of ether oxygens (including phenoxy) is 1. The zero-order valence-corrected chi connectivity index (χ0v) is 15.0. The van der Waals surface area contributed by atoms with Crippen molar-refractivity contribution in [2.75, 3.05) is 38.3 Å². The van der Waals surface area contributed by atoms with Gasteiger partial charge in [-0.25, -0.2) is 9.97 Å². The predicted molar refractivity (Wildman–Crippen MR) is 95.9 cm³/mol. The van der Waals surface area contributed by atoms with Crippen LogP contribution in [0.5, 0.6) is 0 Å². The van der Waals surface area contributed by atoms with E-state index in [2.05, 4.69) is 14.9 Å². The van der Waals surface area contributed by atoms with Crippen LogP contribution in [0, 0.1) is 5.41 Å². The normalized spacial score (nSPS) is 22.1. The van der Waals surface area contributed by atoms with Crippen LogP contribution in [0.25, 0.3) is 0 Å². The quantitative estimate of drug-likeness (QED) is 0.836. The van der Waals surface area contributed by atoms with Gasteiger partial charge in [-0.3, -0.25) is 4.79 Å². The fourth-order valence-electron chi connectivity index (χ4n) is 4.29. The van der Waals surface area contributed by atoms with Gasteiger partial charge in [0.15, 0.2) is 0 Å². The minimum absolute atomic E-state index is 0.0586. The molecule has 1 spiro atoms. The molecule has 0 aromatic carbocycles. The second kappa shape index (κ2) is 7.07. The minimum atomic E-state index is 0.0586. The van der Waals surface area contributed by atoms with E-state index in [0.29, 0.717) is 12.2 Å². The molecule has 2 fully saturated rings. The average molecular weight is 356 g/mol. The van der Waals surface area contributed by atoms with Crippen LogP contribution in [-0.4, -0.2) is 60.2 Å². The van der Waals surface area contributed by atoms with Gasteiger partial charge in [0, 0.05) is 39.1 Å². The van der Waals surface area contributed by atoms with E-state index in [1.807, 2.05) is 11.0 Å². The highest BCUT2D eigenvalue weighted by Gasteiger charge is 2.46. The molecule has 0 bridgehead atoms. The van der Waals surface area contributed by atoms with Crippen LogP contribution in [0.2, 0.25) is 0 Å². The van der Waals surface area contributed by atoms with E-state index < -0.39 is 0 Å². The molecule has 7 nitrogen and oxygen atoms in total. The van der Waals surface area contributed by atoms with Crippen molar-refractivity contribution in [3.63, 3.8) is 0 Å². The van der Waals surface area contributed by atoms with Gasteiger partial charge >= 0.3 is 0 Å². The Labute approximate surface area is 153 Å². The lowest BCUT2D eigenvalue weighted by molar-refractivity contribution is 0.0598. The monoisotopic (exact) mass is 356 g/mol. The highest BCUT2D eigenvalue weighted by Crippen LogP contribution is 2.44. The van der Waals surface area contributed by atoms with E-state index in [4.69, 9.17) is 9.15 Å². The Morgan fingerprint density at radius 2 is 2.12 bits per heavy atom.